The molecule has 1 aliphatic rings. The van der Waals surface area contributed by atoms with Gasteiger partial charge in [-0.05, 0) is 31.2 Å². The van der Waals surface area contributed by atoms with E-state index in [1.165, 1.54) is 5.57 Å². The first-order valence-corrected chi connectivity index (χ1v) is 10.5. The van der Waals surface area contributed by atoms with Crippen LogP contribution in [0.4, 0.5) is 0 Å². The molecule has 1 atom stereocenters. The van der Waals surface area contributed by atoms with Gasteiger partial charge < -0.3 is 10.1 Å². The summed E-state index contributed by atoms with van der Waals surface area (Å²) in [7, 11) is 3.67. The fourth-order valence-electron chi connectivity index (χ4n) is 2.83. The SMILES string of the molecule is C=C(C=CC(=CC)CNC)COC1N=CCC(C(=NC)c2nc3cnccc3s2)=N1. The number of likely N-dealkylation sites (N-methyl/N-ethyl adjacent to an activating group) is 1. The summed E-state index contributed by atoms with van der Waals surface area (Å²) >= 11 is 1.58. The Morgan fingerprint density at radius 2 is 2.30 bits per heavy atom. The first-order valence-electron chi connectivity index (χ1n) is 9.68. The fourth-order valence-corrected chi connectivity index (χ4v) is 3.82. The van der Waals surface area contributed by atoms with Crippen molar-refractivity contribution in [1.82, 2.24) is 15.3 Å². The van der Waals surface area contributed by atoms with Crippen molar-refractivity contribution < 1.29 is 4.74 Å². The van der Waals surface area contributed by atoms with Crippen LogP contribution in [-0.2, 0) is 4.74 Å². The molecule has 1 aliphatic heterocycles. The molecule has 0 spiro atoms. The van der Waals surface area contributed by atoms with E-state index in [0.717, 1.165) is 38.8 Å². The molecule has 30 heavy (non-hydrogen) atoms. The lowest BCUT2D eigenvalue weighted by molar-refractivity contribution is 0.0845. The van der Waals surface area contributed by atoms with E-state index in [9.17, 15) is 0 Å². The Bertz CT molecular complexity index is 1010. The second-order valence-corrected chi connectivity index (χ2v) is 7.60. The van der Waals surface area contributed by atoms with E-state index in [1.54, 1.807) is 30.8 Å². The van der Waals surface area contributed by atoms with E-state index < -0.39 is 6.35 Å². The summed E-state index contributed by atoms with van der Waals surface area (Å²) in [6.45, 7) is 7.21. The Morgan fingerprint density at radius 3 is 3.03 bits per heavy atom. The maximum absolute atomic E-state index is 5.84. The van der Waals surface area contributed by atoms with Gasteiger partial charge in [0.25, 0.3) is 0 Å². The maximum atomic E-state index is 5.84. The molecule has 1 unspecified atom stereocenters. The molecule has 0 saturated carbocycles. The molecule has 8 heteroatoms. The van der Waals surface area contributed by atoms with Crippen molar-refractivity contribution >= 4 is 39.2 Å². The molecule has 0 amide bonds. The third-order valence-electron chi connectivity index (χ3n) is 4.38. The van der Waals surface area contributed by atoms with Crippen LogP contribution in [0.5, 0.6) is 0 Å². The minimum Gasteiger partial charge on any atom is -0.333 e. The highest BCUT2D eigenvalue weighted by Crippen LogP contribution is 2.23. The first-order chi connectivity index (χ1) is 14.6. The minimum atomic E-state index is -0.606. The van der Waals surface area contributed by atoms with Gasteiger partial charge in [-0.2, -0.15) is 0 Å². The summed E-state index contributed by atoms with van der Waals surface area (Å²) in [5, 5.41) is 3.96. The number of hydrogen-bond donors (Lipinski definition) is 1. The molecule has 1 N–H and O–H groups in total. The predicted molar refractivity (Wildman–Crippen MR) is 126 cm³/mol. The second-order valence-electron chi connectivity index (χ2n) is 6.57. The van der Waals surface area contributed by atoms with Crippen LogP contribution in [-0.4, -0.2) is 61.2 Å². The van der Waals surface area contributed by atoms with Crippen LogP contribution in [0, 0.1) is 0 Å². The van der Waals surface area contributed by atoms with E-state index in [-0.39, 0.29) is 0 Å². The maximum Gasteiger partial charge on any atom is 0.245 e. The van der Waals surface area contributed by atoms with Gasteiger partial charge in [0.05, 0.1) is 23.2 Å². The van der Waals surface area contributed by atoms with Crippen molar-refractivity contribution in [2.45, 2.75) is 19.7 Å². The monoisotopic (exact) mass is 422 g/mol. The smallest absolute Gasteiger partial charge is 0.245 e. The number of fused-ring (bicyclic) bond motifs is 1. The van der Waals surface area contributed by atoms with Crippen molar-refractivity contribution in [3.63, 3.8) is 0 Å². The number of ether oxygens (including phenoxy) is 1. The van der Waals surface area contributed by atoms with Gasteiger partial charge in [-0.15, -0.1) is 11.3 Å². The molecular formula is C22H26N6OS. The molecule has 0 radical (unpaired) electrons. The molecule has 3 rings (SSSR count). The molecule has 2 aromatic heterocycles. The molecular weight excluding hydrogens is 396 g/mol. The van der Waals surface area contributed by atoms with Crippen molar-refractivity contribution in [2.75, 3.05) is 27.2 Å². The number of aliphatic imine (C=N–C) groups is 3. The molecule has 0 saturated heterocycles. The van der Waals surface area contributed by atoms with Crippen molar-refractivity contribution in [1.29, 1.82) is 0 Å². The van der Waals surface area contributed by atoms with Crippen molar-refractivity contribution in [3.05, 3.63) is 59.4 Å². The van der Waals surface area contributed by atoms with E-state index in [0.29, 0.717) is 13.0 Å². The summed E-state index contributed by atoms with van der Waals surface area (Å²) in [6, 6.07) is 1.95. The summed E-state index contributed by atoms with van der Waals surface area (Å²) in [6.07, 6.45) is 11.4. The summed E-state index contributed by atoms with van der Waals surface area (Å²) in [4.78, 5) is 22.2. The molecule has 0 aliphatic carbocycles. The lowest BCUT2D eigenvalue weighted by atomic mass is 10.1. The highest BCUT2D eigenvalue weighted by molar-refractivity contribution is 7.21. The van der Waals surface area contributed by atoms with Gasteiger partial charge >= 0.3 is 0 Å². The average Bonchev–Trinajstić information content (AvgIpc) is 3.19. The van der Waals surface area contributed by atoms with Gasteiger partial charge in [-0.1, -0.05) is 24.8 Å². The lowest BCUT2D eigenvalue weighted by Crippen LogP contribution is -2.24. The lowest BCUT2D eigenvalue weighted by Gasteiger charge is -2.16. The van der Waals surface area contributed by atoms with Gasteiger partial charge in [0, 0.05) is 32.4 Å². The zero-order chi connectivity index (χ0) is 21.3. The van der Waals surface area contributed by atoms with Crippen LogP contribution in [0.25, 0.3) is 10.2 Å². The second kappa shape index (κ2) is 10.8. The normalized spacial score (nSPS) is 17.7. The highest BCUT2D eigenvalue weighted by atomic mass is 32.1. The van der Waals surface area contributed by atoms with Crippen LogP contribution in [0.15, 0.2) is 69.4 Å². The largest absolute Gasteiger partial charge is 0.333 e. The summed E-state index contributed by atoms with van der Waals surface area (Å²) in [5.41, 5.74) is 4.48. The average molecular weight is 423 g/mol. The number of aromatic nitrogens is 2. The van der Waals surface area contributed by atoms with Gasteiger partial charge in [-0.25, -0.2) is 15.0 Å². The number of nitrogens with one attached hydrogen (secondary N) is 1. The number of pyridine rings is 1. The number of rotatable bonds is 9. The Balaban J connectivity index is 1.65. The van der Waals surface area contributed by atoms with Crippen LogP contribution in [0.2, 0.25) is 0 Å². The first kappa shape index (κ1) is 21.9. The Hall–Kier alpha value is -2.81. The third kappa shape index (κ3) is 5.63. The topological polar surface area (TPSA) is 84.1 Å². The summed E-state index contributed by atoms with van der Waals surface area (Å²) in [5.74, 6) is 0. The number of nitrogens with zero attached hydrogens (tertiary/aromatic N) is 5. The molecule has 2 aromatic rings. The van der Waals surface area contributed by atoms with E-state index in [4.69, 9.17) is 4.74 Å². The molecule has 156 valence electrons. The van der Waals surface area contributed by atoms with Crippen LogP contribution in [0.3, 0.4) is 0 Å². The third-order valence-corrected chi connectivity index (χ3v) is 5.42. The standard InChI is InChI=1S/C22H26N6OS/c1-5-16(12-23-3)7-6-15(2)14-29-22-26-11-8-17(28-22)20(24-4)21-27-18-13-25-10-9-19(18)30-21/h5-7,9-11,13,22-23H,2,8,12,14H2,1,3-4H3. The van der Waals surface area contributed by atoms with Crippen LogP contribution in [0.1, 0.15) is 18.4 Å². The van der Waals surface area contributed by atoms with Gasteiger partial charge in [0.15, 0.2) is 0 Å². The van der Waals surface area contributed by atoms with Crippen LogP contribution >= 0.6 is 11.3 Å². The predicted octanol–water partition coefficient (Wildman–Crippen LogP) is 3.60. The molecule has 7 nitrogen and oxygen atoms in total. The Labute approximate surface area is 180 Å². The van der Waals surface area contributed by atoms with E-state index >= 15 is 0 Å². The van der Waals surface area contributed by atoms with Gasteiger partial charge in [-0.3, -0.25) is 9.98 Å². The highest BCUT2D eigenvalue weighted by Gasteiger charge is 2.20. The number of hydrogen-bond acceptors (Lipinski definition) is 8. The molecule has 3 heterocycles. The number of allylic oxidation sites excluding steroid dienone is 1. The zero-order valence-corrected chi connectivity index (χ0v) is 18.3. The fraction of sp³-hybridized carbons (Fsp3) is 0.318. The van der Waals surface area contributed by atoms with Crippen molar-refractivity contribution in [2.24, 2.45) is 15.0 Å². The summed E-state index contributed by atoms with van der Waals surface area (Å²) < 4.78 is 6.91. The zero-order valence-electron chi connectivity index (χ0n) is 17.5. The quantitative estimate of drug-likeness (QED) is 0.494. The van der Waals surface area contributed by atoms with Crippen LogP contribution < -0.4 is 5.32 Å². The van der Waals surface area contributed by atoms with E-state index in [1.807, 2.05) is 38.4 Å². The molecule has 0 bridgehead atoms. The van der Waals surface area contributed by atoms with E-state index in [2.05, 4.69) is 42.9 Å². The Kier molecular flexibility index (Phi) is 7.89. The van der Waals surface area contributed by atoms with Crippen molar-refractivity contribution in [3.8, 4) is 0 Å². The number of thiazole rings is 1. The van der Waals surface area contributed by atoms with Gasteiger partial charge in [0.2, 0.25) is 6.35 Å². The van der Waals surface area contributed by atoms with Gasteiger partial charge in [0.1, 0.15) is 16.2 Å². The Morgan fingerprint density at radius 1 is 1.43 bits per heavy atom. The molecule has 0 fully saturated rings. The molecule has 0 aromatic carbocycles. The minimum absolute atomic E-state index is 0.344.